The second-order valence-corrected chi connectivity index (χ2v) is 10.2. The molecule has 2 N–H and O–H groups in total. The molecular formula is C20H26BrClN2S. The van der Waals surface area contributed by atoms with Crippen LogP contribution in [0.15, 0.2) is 22.7 Å². The smallest absolute Gasteiger partial charge is 0.171 e. The lowest BCUT2D eigenvalue weighted by molar-refractivity contribution is -0.0709. The summed E-state index contributed by atoms with van der Waals surface area (Å²) in [6.07, 6.45) is 9.75. The molecule has 0 aromatic heterocycles. The van der Waals surface area contributed by atoms with Crippen LogP contribution in [0.4, 0.5) is 5.69 Å². The minimum atomic E-state index is 0.457. The molecular weight excluding hydrogens is 416 g/mol. The maximum atomic E-state index is 6.32. The summed E-state index contributed by atoms with van der Waals surface area (Å²) < 4.78 is 0.974. The molecule has 4 saturated carbocycles. The third-order valence-corrected chi connectivity index (χ3v) is 7.74. The third kappa shape index (κ3) is 3.59. The summed E-state index contributed by atoms with van der Waals surface area (Å²) >= 11 is 15.4. The zero-order valence-corrected chi connectivity index (χ0v) is 17.8. The number of nitrogens with one attached hydrogen (secondary N) is 2. The highest BCUT2D eigenvalue weighted by molar-refractivity contribution is 9.10. The standard InChI is InChI=1S/C20H26BrClN2S/c1-2-18(20-9-12-5-13(10-20)7-14(6-12)11-20)24-19(25)23-17-4-3-15(21)8-16(17)22/h3-4,8,12-14,18H,2,5-7,9-11H2,1H3,(H2,23,24,25). The van der Waals surface area contributed by atoms with Gasteiger partial charge in [-0.05, 0) is 98.5 Å². The molecule has 0 aliphatic heterocycles. The maximum Gasteiger partial charge on any atom is 0.171 e. The van der Waals surface area contributed by atoms with E-state index in [-0.39, 0.29) is 0 Å². The Morgan fingerprint density at radius 3 is 2.36 bits per heavy atom. The Morgan fingerprint density at radius 2 is 1.84 bits per heavy atom. The minimum Gasteiger partial charge on any atom is -0.359 e. The molecule has 4 bridgehead atoms. The second-order valence-electron chi connectivity index (χ2n) is 8.46. The molecule has 1 aromatic rings. The van der Waals surface area contributed by atoms with Gasteiger partial charge in [0.25, 0.3) is 0 Å². The van der Waals surface area contributed by atoms with Crippen molar-refractivity contribution >= 4 is 50.5 Å². The van der Waals surface area contributed by atoms with Gasteiger partial charge in [-0.25, -0.2) is 0 Å². The molecule has 0 saturated heterocycles. The largest absolute Gasteiger partial charge is 0.359 e. The van der Waals surface area contributed by atoms with Crippen molar-refractivity contribution in [2.45, 2.75) is 57.9 Å². The Morgan fingerprint density at radius 1 is 1.24 bits per heavy atom. The van der Waals surface area contributed by atoms with Gasteiger partial charge in [0.2, 0.25) is 0 Å². The molecule has 2 nitrogen and oxygen atoms in total. The van der Waals surface area contributed by atoms with E-state index in [0.717, 1.165) is 34.3 Å². The molecule has 4 aliphatic carbocycles. The van der Waals surface area contributed by atoms with E-state index in [9.17, 15) is 0 Å². The number of thiocarbonyl (C=S) groups is 1. The Balaban J connectivity index is 1.46. The van der Waals surface area contributed by atoms with Gasteiger partial charge in [-0.2, -0.15) is 0 Å². The van der Waals surface area contributed by atoms with Crippen LogP contribution < -0.4 is 10.6 Å². The molecule has 0 spiro atoms. The van der Waals surface area contributed by atoms with Gasteiger partial charge in [-0.15, -0.1) is 0 Å². The molecule has 5 heteroatoms. The van der Waals surface area contributed by atoms with Gasteiger partial charge in [-0.3, -0.25) is 0 Å². The molecule has 0 amide bonds. The van der Waals surface area contributed by atoms with E-state index in [1.807, 2.05) is 18.2 Å². The van der Waals surface area contributed by atoms with Gasteiger partial charge >= 0.3 is 0 Å². The molecule has 4 fully saturated rings. The molecule has 5 rings (SSSR count). The van der Waals surface area contributed by atoms with Gasteiger partial charge in [0, 0.05) is 10.5 Å². The summed E-state index contributed by atoms with van der Waals surface area (Å²) in [5, 5.41) is 8.35. The van der Waals surface area contributed by atoms with Crippen LogP contribution in [0.2, 0.25) is 5.02 Å². The van der Waals surface area contributed by atoms with E-state index in [0.29, 0.717) is 21.6 Å². The highest BCUT2D eigenvalue weighted by Crippen LogP contribution is 2.61. The zero-order valence-electron chi connectivity index (χ0n) is 14.7. The normalized spacial score (nSPS) is 34.0. The van der Waals surface area contributed by atoms with Crippen LogP contribution in [0.5, 0.6) is 0 Å². The van der Waals surface area contributed by atoms with Crippen molar-refractivity contribution < 1.29 is 0 Å². The van der Waals surface area contributed by atoms with E-state index >= 15 is 0 Å². The average Bonchev–Trinajstić information content (AvgIpc) is 2.54. The van der Waals surface area contributed by atoms with Crippen LogP contribution in [0.25, 0.3) is 0 Å². The summed E-state index contributed by atoms with van der Waals surface area (Å²) in [6.45, 7) is 2.30. The van der Waals surface area contributed by atoms with Crippen LogP contribution in [0.3, 0.4) is 0 Å². The highest BCUT2D eigenvalue weighted by Gasteiger charge is 2.53. The Kier molecular flexibility index (Phi) is 5.07. The number of benzene rings is 1. The zero-order chi connectivity index (χ0) is 17.6. The van der Waals surface area contributed by atoms with Gasteiger partial charge in [0.15, 0.2) is 5.11 Å². The third-order valence-electron chi connectivity index (χ3n) is 6.72. The fourth-order valence-corrected chi connectivity index (χ4v) is 7.17. The number of anilines is 1. The van der Waals surface area contributed by atoms with Crippen molar-refractivity contribution in [2.75, 3.05) is 5.32 Å². The molecule has 136 valence electrons. The molecule has 25 heavy (non-hydrogen) atoms. The number of halogens is 2. The quantitative estimate of drug-likeness (QED) is 0.530. The van der Waals surface area contributed by atoms with Gasteiger partial charge in [0.05, 0.1) is 10.7 Å². The van der Waals surface area contributed by atoms with Crippen LogP contribution in [-0.4, -0.2) is 11.2 Å². The van der Waals surface area contributed by atoms with E-state index in [1.54, 1.807) is 0 Å². The van der Waals surface area contributed by atoms with Gasteiger partial charge in [0.1, 0.15) is 0 Å². The van der Waals surface area contributed by atoms with Crippen LogP contribution in [0.1, 0.15) is 51.9 Å². The van der Waals surface area contributed by atoms with Gasteiger partial charge < -0.3 is 10.6 Å². The first-order chi connectivity index (χ1) is 12.0. The van der Waals surface area contributed by atoms with E-state index in [2.05, 4.69) is 33.5 Å². The van der Waals surface area contributed by atoms with E-state index < -0.39 is 0 Å². The summed E-state index contributed by atoms with van der Waals surface area (Å²) in [6, 6.07) is 6.30. The average molecular weight is 442 g/mol. The Hall–Kier alpha value is -0.320. The predicted molar refractivity (Wildman–Crippen MR) is 113 cm³/mol. The molecule has 0 heterocycles. The van der Waals surface area contributed by atoms with E-state index in [1.165, 1.54) is 38.5 Å². The lowest BCUT2D eigenvalue weighted by atomic mass is 9.47. The maximum absolute atomic E-state index is 6.32. The number of hydrogen-bond donors (Lipinski definition) is 2. The highest BCUT2D eigenvalue weighted by atomic mass is 79.9. The molecule has 1 unspecified atom stereocenters. The number of rotatable bonds is 4. The summed E-state index contributed by atoms with van der Waals surface area (Å²) in [5.41, 5.74) is 1.32. The molecule has 4 aliphatic rings. The molecule has 0 radical (unpaired) electrons. The van der Waals surface area contributed by atoms with Crippen molar-refractivity contribution in [3.8, 4) is 0 Å². The second kappa shape index (κ2) is 7.01. The monoisotopic (exact) mass is 440 g/mol. The molecule has 1 aromatic carbocycles. The first-order valence-corrected chi connectivity index (χ1v) is 11.1. The fraction of sp³-hybridized carbons (Fsp3) is 0.650. The van der Waals surface area contributed by atoms with Crippen LogP contribution >= 0.6 is 39.7 Å². The van der Waals surface area contributed by atoms with Gasteiger partial charge in [-0.1, -0.05) is 34.5 Å². The number of hydrogen-bond acceptors (Lipinski definition) is 1. The fourth-order valence-electron chi connectivity index (χ4n) is 6.20. The van der Waals surface area contributed by atoms with Crippen LogP contribution in [0, 0.1) is 23.2 Å². The van der Waals surface area contributed by atoms with Crippen molar-refractivity contribution in [1.29, 1.82) is 0 Å². The Bertz CT molecular complexity index is 642. The van der Waals surface area contributed by atoms with Crippen molar-refractivity contribution in [3.05, 3.63) is 27.7 Å². The summed E-state index contributed by atoms with van der Waals surface area (Å²) in [5.74, 6) is 2.89. The first kappa shape index (κ1) is 18.1. The van der Waals surface area contributed by atoms with E-state index in [4.69, 9.17) is 23.8 Å². The minimum absolute atomic E-state index is 0.457. The summed E-state index contributed by atoms with van der Waals surface area (Å²) in [4.78, 5) is 0. The predicted octanol–water partition coefficient (Wildman–Crippen LogP) is 6.38. The van der Waals surface area contributed by atoms with Crippen molar-refractivity contribution in [1.82, 2.24) is 5.32 Å². The lowest BCUT2D eigenvalue weighted by Gasteiger charge is -2.59. The van der Waals surface area contributed by atoms with Crippen molar-refractivity contribution in [3.63, 3.8) is 0 Å². The van der Waals surface area contributed by atoms with Crippen molar-refractivity contribution in [2.24, 2.45) is 23.2 Å². The lowest BCUT2D eigenvalue weighted by Crippen LogP contribution is -2.57. The first-order valence-electron chi connectivity index (χ1n) is 9.50. The van der Waals surface area contributed by atoms with Crippen LogP contribution in [-0.2, 0) is 0 Å². The SMILES string of the molecule is CCC(NC(=S)Nc1ccc(Br)cc1Cl)C12CC3CC(CC(C3)C1)C2. The topological polar surface area (TPSA) is 24.1 Å². The molecule has 1 atom stereocenters. The Labute approximate surface area is 169 Å². The summed E-state index contributed by atoms with van der Waals surface area (Å²) in [7, 11) is 0.